The topological polar surface area (TPSA) is 134 Å². The van der Waals surface area contributed by atoms with Crippen molar-refractivity contribution >= 4 is 34.5 Å². The van der Waals surface area contributed by atoms with Crippen LogP contribution in [0.4, 0.5) is 14.5 Å². The van der Waals surface area contributed by atoms with Crippen LogP contribution in [0.5, 0.6) is 5.75 Å². The van der Waals surface area contributed by atoms with Crippen molar-refractivity contribution in [2.45, 2.75) is 107 Å². The highest BCUT2D eigenvalue weighted by Crippen LogP contribution is 2.68. The molecule has 2 saturated heterocycles. The number of benzene rings is 2. The molecule has 1 aliphatic carbocycles. The first-order chi connectivity index (χ1) is 29.5. The van der Waals surface area contributed by atoms with Crippen LogP contribution >= 0.6 is 0 Å². The van der Waals surface area contributed by atoms with Crippen LogP contribution < -0.4 is 9.64 Å². The summed E-state index contributed by atoms with van der Waals surface area (Å²) in [5.74, 6) is -5.90. The van der Waals surface area contributed by atoms with Gasteiger partial charge in [-0.25, -0.2) is 13.6 Å². The standard InChI is InChI=1S/C48H60F2N4O8/c1-9-28-12-13-35-32(21-28)31-14-18-53-25-29(20-30(26-53)44(4,49)50)24-47(38(31)51-35,42(56)60-7)34-22-33-36(23-37(34)59-6)52(5)40-46(33)16-19-54-17-11-15-45(10-2,39(46)54)41(62-27(3)55)48(40,58)43(57)61-8/h11-13,15,21-23,29-30,39-41,51,58H,9-10,14,16-20,24-26H2,1-8H3/t29-,30-,39+,40-,41-,45-,46-,47+,48+/m1/s1. The lowest BCUT2D eigenvalue weighted by Gasteiger charge is -2.63. The van der Waals surface area contributed by atoms with Gasteiger partial charge in [0.1, 0.15) is 11.2 Å². The number of ether oxygens (including phenoxy) is 4. The number of piperidine rings is 1. The van der Waals surface area contributed by atoms with Crippen molar-refractivity contribution in [2.75, 3.05) is 66.0 Å². The van der Waals surface area contributed by atoms with Crippen molar-refractivity contribution in [1.82, 2.24) is 14.8 Å². The van der Waals surface area contributed by atoms with Gasteiger partial charge >= 0.3 is 17.9 Å². The molecule has 1 saturated carbocycles. The van der Waals surface area contributed by atoms with E-state index in [0.717, 1.165) is 40.9 Å². The van der Waals surface area contributed by atoms with Crippen molar-refractivity contribution in [3.63, 3.8) is 0 Å². The fraction of sp³-hybridized carbons (Fsp3) is 0.604. The number of alkyl halides is 2. The molecule has 1 unspecified atom stereocenters. The summed E-state index contributed by atoms with van der Waals surface area (Å²) in [7, 11) is 5.98. The number of fused-ring (bicyclic) bond motifs is 6. The lowest BCUT2D eigenvalue weighted by Crippen LogP contribution is -2.81. The second-order valence-electron chi connectivity index (χ2n) is 19.0. The number of H-pyrrole nitrogens is 1. The maximum absolute atomic E-state index is 15.4. The van der Waals surface area contributed by atoms with Gasteiger partial charge in [0, 0.05) is 96.9 Å². The van der Waals surface area contributed by atoms with Crippen LogP contribution in [0, 0.1) is 17.3 Å². The first-order valence-electron chi connectivity index (χ1n) is 22.2. The van der Waals surface area contributed by atoms with Crippen LogP contribution in [0.15, 0.2) is 42.5 Å². The average molecular weight is 859 g/mol. The van der Waals surface area contributed by atoms with E-state index in [2.05, 4.69) is 33.8 Å². The second-order valence-corrected chi connectivity index (χ2v) is 19.0. The Hall–Kier alpha value is -4.53. The highest BCUT2D eigenvalue weighted by Gasteiger charge is 2.80. The molecule has 9 rings (SSSR count). The molecule has 2 bridgehead atoms. The van der Waals surface area contributed by atoms with Crippen LogP contribution in [0.2, 0.25) is 0 Å². The maximum Gasteiger partial charge on any atom is 0.344 e. The molecule has 1 spiro atoms. The Morgan fingerprint density at radius 3 is 2.42 bits per heavy atom. The Balaban J connectivity index is 1.36. The van der Waals surface area contributed by atoms with Gasteiger partial charge in [0.15, 0.2) is 6.10 Å². The zero-order chi connectivity index (χ0) is 44.3. The number of aromatic nitrogens is 1. The van der Waals surface area contributed by atoms with Gasteiger partial charge in [0.25, 0.3) is 0 Å². The van der Waals surface area contributed by atoms with Crippen LogP contribution in [0.3, 0.4) is 0 Å². The van der Waals surface area contributed by atoms with Crippen molar-refractivity contribution in [3.05, 3.63) is 70.4 Å². The van der Waals surface area contributed by atoms with Crippen LogP contribution in [-0.4, -0.2) is 129 Å². The zero-order valence-electron chi connectivity index (χ0n) is 37.1. The Morgan fingerprint density at radius 1 is 1.00 bits per heavy atom. The Labute approximate surface area is 361 Å². The van der Waals surface area contributed by atoms with Gasteiger partial charge in [-0.2, -0.15) is 0 Å². The minimum atomic E-state index is -2.93. The van der Waals surface area contributed by atoms with E-state index >= 15 is 13.6 Å². The van der Waals surface area contributed by atoms with E-state index < -0.39 is 63.7 Å². The molecule has 10 atom stereocenters. The van der Waals surface area contributed by atoms with E-state index in [4.69, 9.17) is 18.9 Å². The van der Waals surface area contributed by atoms with Crippen molar-refractivity contribution in [3.8, 4) is 5.75 Å². The normalized spacial score (nSPS) is 34.9. The number of carbonyl (C=O) groups excluding carboxylic acids is 3. The molecule has 0 amide bonds. The summed E-state index contributed by atoms with van der Waals surface area (Å²) in [6.07, 6.45) is 5.36. The number of anilines is 1. The van der Waals surface area contributed by atoms with E-state index in [1.54, 1.807) is 7.11 Å². The van der Waals surface area contributed by atoms with Gasteiger partial charge in [0.2, 0.25) is 11.5 Å². The van der Waals surface area contributed by atoms with Crippen LogP contribution in [0.25, 0.3) is 10.9 Å². The quantitative estimate of drug-likeness (QED) is 0.165. The molecule has 2 aromatic carbocycles. The first kappa shape index (κ1) is 42.8. The second kappa shape index (κ2) is 14.8. The summed E-state index contributed by atoms with van der Waals surface area (Å²) in [4.78, 5) is 53.0. The molecule has 3 aromatic rings. The number of aromatic amines is 1. The number of hydrogen-bond donors (Lipinski definition) is 2. The van der Waals surface area contributed by atoms with Gasteiger partial charge in [-0.3, -0.25) is 14.5 Å². The lowest BCUT2D eigenvalue weighted by atomic mass is 9.47. The number of likely N-dealkylation sites (N-methyl/N-ethyl adjacent to an activating group) is 1. The summed E-state index contributed by atoms with van der Waals surface area (Å²) in [6.45, 7) is 8.91. The summed E-state index contributed by atoms with van der Waals surface area (Å²) < 4.78 is 54.7. The first-order valence-corrected chi connectivity index (χ1v) is 22.2. The number of nitrogens with one attached hydrogen (secondary N) is 1. The molecular weight excluding hydrogens is 799 g/mol. The minimum Gasteiger partial charge on any atom is -0.496 e. The number of hydrogen-bond acceptors (Lipinski definition) is 11. The highest BCUT2D eigenvalue weighted by atomic mass is 19.3. The largest absolute Gasteiger partial charge is 0.496 e. The third kappa shape index (κ3) is 5.66. The number of aryl methyl sites for hydroxylation is 1. The highest BCUT2D eigenvalue weighted by molar-refractivity contribution is 5.95. The van der Waals surface area contributed by atoms with Gasteiger partial charge in [0.05, 0.1) is 27.4 Å². The van der Waals surface area contributed by atoms with Crippen LogP contribution in [-0.2, 0) is 52.3 Å². The monoisotopic (exact) mass is 858 g/mol. The third-order valence-corrected chi connectivity index (χ3v) is 16.1. The fourth-order valence-electron chi connectivity index (χ4n) is 13.7. The maximum atomic E-state index is 15.4. The lowest BCUT2D eigenvalue weighted by molar-refractivity contribution is -0.228. The molecule has 334 valence electrons. The number of rotatable bonds is 8. The summed E-state index contributed by atoms with van der Waals surface area (Å²) in [6, 6.07) is 8.87. The number of esters is 3. The van der Waals surface area contributed by atoms with Gasteiger partial charge in [-0.05, 0) is 92.8 Å². The predicted molar refractivity (Wildman–Crippen MR) is 229 cm³/mol. The van der Waals surface area contributed by atoms with Crippen molar-refractivity contribution in [2.24, 2.45) is 17.3 Å². The summed E-state index contributed by atoms with van der Waals surface area (Å²) in [5, 5.41) is 14.3. The zero-order valence-corrected chi connectivity index (χ0v) is 37.1. The number of methoxy groups -OCH3 is 3. The number of carbonyl (C=O) groups is 3. The fourth-order valence-corrected chi connectivity index (χ4v) is 13.7. The molecule has 12 nitrogen and oxygen atoms in total. The predicted octanol–water partition coefficient (Wildman–Crippen LogP) is 5.68. The van der Waals surface area contributed by atoms with E-state index in [1.165, 1.54) is 21.1 Å². The molecule has 14 heteroatoms. The van der Waals surface area contributed by atoms with Crippen LogP contribution in [0.1, 0.15) is 81.3 Å². The molecule has 2 N–H and O–H groups in total. The smallest absolute Gasteiger partial charge is 0.344 e. The summed E-state index contributed by atoms with van der Waals surface area (Å²) >= 11 is 0. The third-order valence-electron chi connectivity index (χ3n) is 16.1. The SMILES string of the molecule is CCc1ccc2[nH]c3c(c2c1)CCN1C[C@H](C[C@@H](C(C)(F)F)C1)C[C@]3(C(=O)OC)c1cc2c(cc1OC)N(C)[C@H]1[C@@](O)(C(=O)OC)[C@H](OC(C)=O)[C@]3(CC)C=CCN4CC[C@]21[C@@H]43. The molecule has 1 aromatic heterocycles. The number of nitrogens with zero attached hydrogens (tertiary/aromatic N) is 3. The van der Waals surface area contributed by atoms with E-state index in [1.807, 2.05) is 49.2 Å². The van der Waals surface area contributed by atoms with Gasteiger partial charge in [-0.15, -0.1) is 0 Å². The molecule has 6 heterocycles. The Morgan fingerprint density at radius 2 is 1.76 bits per heavy atom. The molecule has 6 aliphatic rings. The minimum absolute atomic E-state index is 0.155. The molecule has 5 aliphatic heterocycles. The van der Waals surface area contributed by atoms with E-state index in [0.29, 0.717) is 68.1 Å². The Bertz CT molecular complexity index is 2360. The van der Waals surface area contributed by atoms with E-state index in [-0.39, 0.29) is 31.3 Å². The van der Waals surface area contributed by atoms with Gasteiger partial charge < -0.3 is 38.8 Å². The summed E-state index contributed by atoms with van der Waals surface area (Å²) in [5.41, 5.74) is -0.347. The van der Waals surface area contributed by atoms with Crippen molar-refractivity contribution in [1.29, 1.82) is 0 Å². The average Bonchev–Trinajstić information content (AvgIpc) is 3.91. The number of halogens is 2. The molecular formula is C48H60F2N4O8. The number of aliphatic hydroxyl groups is 1. The van der Waals surface area contributed by atoms with Gasteiger partial charge in [-0.1, -0.05) is 32.1 Å². The van der Waals surface area contributed by atoms with Crippen molar-refractivity contribution < 1.29 is 47.2 Å². The molecule has 62 heavy (non-hydrogen) atoms. The Kier molecular flexibility index (Phi) is 10.2. The van der Waals surface area contributed by atoms with E-state index in [9.17, 15) is 14.7 Å². The molecule has 0 radical (unpaired) electrons. The molecule has 3 fully saturated rings.